The van der Waals surface area contributed by atoms with Gasteiger partial charge >= 0.3 is 0 Å². The minimum Gasteiger partial charge on any atom is -0.477 e. The number of aryl methyl sites for hydroxylation is 1. The van der Waals surface area contributed by atoms with E-state index in [4.69, 9.17) is 4.74 Å². The average molecular weight is 272 g/mol. The summed E-state index contributed by atoms with van der Waals surface area (Å²) >= 11 is 0. The monoisotopic (exact) mass is 272 g/mol. The van der Waals surface area contributed by atoms with Crippen LogP contribution < -0.4 is 10.1 Å². The number of pyridine rings is 1. The number of hydrogen-bond donors (Lipinski definition) is 1. The van der Waals surface area contributed by atoms with E-state index in [1.165, 1.54) is 0 Å². The number of nitrogens with zero attached hydrogens (tertiary/aromatic N) is 3. The summed E-state index contributed by atoms with van der Waals surface area (Å²) in [5, 5.41) is 7.13. The summed E-state index contributed by atoms with van der Waals surface area (Å²) < 4.78 is 7.16. The molecule has 0 spiro atoms. The molecule has 1 atom stereocenters. The summed E-state index contributed by atoms with van der Waals surface area (Å²) in [7, 11) is 0. The Balaban J connectivity index is 1.70. The van der Waals surface area contributed by atoms with Gasteiger partial charge in [0, 0.05) is 30.1 Å². The second-order valence-corrected chi connectivity index (χ2v) is 4.79. The number of hydrogen-bond acceptors (Lipinski definition) is 4. The van der Waals surface area contributed by atoms with Crippen LogP contribution in [0.4, 0.5) is 0 Å². The third kappa shape index (κ3) is 2.49. The average Bonchev–Trinajstić information content (AvgIpc) is 2.85. The summed E-state index contributed by atoms with van der Waals surface area (Å²) in [6.45, 7) is 2.72. The Hall–Kier alpha value is -2.37. The molecule has 1 aliphatic heterocycles. The van der Waals surface area contributed by atoms with E-state index in [1.807, 2.05) is 25.1 Å². The molecule has 6 heteroatoms. The van der Waals surface area contributed by atoms with E-state index < -0.39 is 0 Å². The molecule has 3 heterocycles. The van der Waals surface area contributed by atoms with Gasteiger partial charge in [-0.3, -0.25) is 9.48 Å². The summed E-state index contributed by atoms with van der Waals surface area (Å²) in [6, 6.07) is 5.62. The smallest absolute Gasteiger partial charge is 0.242 e. The van der Waals surface area contributed by atoms with Gasteiger partial charge in [-0.2, -0.15) is 5.10 Å². The van der Waals surface area contributed by atoms with Crippen molar-refractivity contribution in [1.82, 2.24) is 20.1 Å². The van der Waals surface area contributed by atoms with Crippen molar-refractivity contribution < 1.29 is 9.53 Å². The third-order valence-corrected chi connectivity index (χ3v) is 3.38. The first kappa shape index (κ1) is 12.7. The molecule has 3 rings (SSSR count). The van der Waals surface area contributed by atoms with Crippen LogP contribution in [0.5, 0.6) is 5.88 Å². The van der Waals surface area contributed by atoms with Crippen molar-refractivity contribution in [2.75, 3.05) is 6.61 Å². The van der Waals surface area contributed by atoms with Crippen molar-refractivity contribution in [3.05, 3.63) is 41.9 Å². The highest BCUT2D eigenvalue weighted by Crippen LogP contribution is 2.29. The number of amides is 1. The van der Waals surface area contributed by atoms with Gasteiger partial charge in [0.2, 0.25) is 11.8 Å². The quantitative estimate of drug-likeness (QED) is 0.912. The van der Waals surface area contributed by atoms with E-state index in [2.05, 4.69) is 15.4 Å². The molecule has 1 unspecified atom stereocenters. The van der Waals surface area contributed by atoms with Gasteiger partial charge in [0.1, 0.15) is 6.54 Å². The van der Waals surface area contributed by atoms with Crippen LogP contribution in [0.3, 0.4) is 0 Å². The van der Waals surface area contributed by atoms with Crippen LogP contribution in [0, 0.1) is 6.92 Å². The van der Waals surface area contributed by atoms with E-state index >= 15 is 0 Å². The van der Waals surface area contributed by atoms with E-state index in [0.717, 1.165) is 17.7 Å². The summed E-state index contributed by atoms with van der Waals surface area (Å²) in [6.07, 6.45) is 4.13. The number of aromatic nitrogens is 3. The van der Waals surface area contributed by atoms with Gasteiger partial charge in [0.15, 0.2) is 0 Å². The molecule has 0 fully saturated rings. The molecule has 6 nitrogen and oxygen atoms in total. The van der Waals surface area contributed by atoms with Crippen LogP contribution in [0.1, 0.15) is 23.7 Å². The fourth-order valence-corrected chi connectivity index (χ4v) is 2.31. The Bertz CT molecular complexity index is 623. The molecule has 1 aliphatic rings. The zero-order valence-electron chi connectivity index (χ0n) is 11.2. The normalized spacial score (nSPS) is 17.1. The molecule has 0 aliphatic carbocycles. The predicted octanol–water partition coefficient (Wildman–Crippen LogP) is 1.23. The summed E-state index contributed by atoms with van der Waals surface area (Å²) in [4.78, 5) is 16.3. The molecule has 1 N–H and O–H groups in total. The van der Waals surface area contributed by atoms with Crippen molar-refractivity contribution in [1.29, 1.82) is 0 Å². The van der Waals surface area contributed by atoms with E-state index in [9.17, 15) is 4.79 Å². The van der Waals surface area contributed by atoms with Crippen LogP contribution in [0.25, 0.3) is 0 Å². The highest BCUT2D eigenvalue weighted by atomic mass is 16.5. The maximum atomic E-state index is 12.1. The number of carbonyl (C=O) groups is 1. The molecule has 2 aromatic rings. The van der Waals surface area contributed by atoms with E-state index in [-0.39, 0.29) is 18.5 Å². The maximum Gasteiger partial charge on any atom is 0.242 e. The topological polar surface area (TPSA) is 69.0 Å². The number of carbonyl (C=O) groups excluding carboxylic acids is 1. The van der Waals surface area contributed by atoms with Crippen molar-refractivity contribution in [2.45, 2.75) is 25.9 Å². The van der Waals surface area contributed by atoms with Crippen molar-refractivity contribution in [2.24, 2.45) is 0 Å². The van der Waals surface area contributed by atoms with Gasteiger partial charge < -0.3 is 10.1 Å². The molecule has 104 valence electrons. The van der Waals surface area contributed by atoms with E-state index in [1.54, 1.807) is 17.1 Å². The molecule has 0 saturated carbocycles. The Morgan fingerprint density at radius 3 is 3.20 bits per heavy atom. The van der Waals surface area contributed by atoms with E-state index in [0.29, 0.717) is 12.5 Å². The first-order valence-corrected chi connectivity index (χ1v) is 6.59. The molecule has 1 amide bonds. The van der Waals surface area contributed by atoms with Gasteiger partial charge in [-0.05, 0) is 19.1 Å². The fourth-order valence-electron chi connectivity index (χ4n) is 2.31. The lowest BCUT2D eigenvalue weighted by Crippen LogP contribution is -2.35. The van der Waals surface area contributed by atoms with Crippen molar-refractivity contribution in [3.63, 3.8) is 0 Å². The largest absolute Gasteiger partial charge is 0.477 e. The van der Waals surface area contributed by atoms with Crippen molar-refractivity contribution >= 4 is 5.91 Å². The maximum absolute atomic E-state index is 12.1. The van der Waals surface area contributed by atoms with Gasteiger partial charge in [0.25, 0.3) is 0 Å². The molecule has 0 bridgehead atoms. The van der Waals surface area contributed by atoms with Gasteiger partial charge in [-0.15, -0.1) is 0 Å². The van der Waals surface area contributed by atoms with Crippen LogP contribution in [0.15, 0.2) is 30.6 Å². The van der Waals surface area contributed by atoms with Gasteiger partial charge in [0.05, 0.1) is 12.6 Å². The molecular formula is C14H16N4O2. The Morgan fingerprint density at radius 2 is 2.40 bits per heavy atom. The van der Waals surface area contributed by atoms with Gasteiger partial charge in [-0.25, -0.2) is 4.98 Å². The zero-order chi connectivity index (χ0) is 13.9. The molecule has 0 aromatic carbocycles. The molecule has 0 saturated heterocycles. The lowest BCUT2D eigenvalue weighted by atomic mass is 10.0. The number of ether oxygens (including phenoxy) is 1. The number of fused-ring (bicyclic) bond motifs is 1. The second-order valence-electron chi connectivity index (χ2n) is 4.79. The van der Waals surface area contributed by atoms with Crippen LogP contribution in [-0.4, -0.2) is 27.3 Å². The third-order valence-electron chi connectivity index (χ3n) is 3.38. The molecule has 0 radical (unpaired) electrons. The molecule has 20 heavy (non-hydrogen) atoms. The SMILES string of the molecule is Cc1ccnn1CC(=O)NC1CCOc2ncccc21. The molecular weight excluding hydrogens is 256 g/mol. The van der Waals surface area contributed by atoms with Crippen LogP contribution in [-0.2, 0) is 11.3 Å². The van der Waals surface area contributed by atoms with Crippen LogP contribution in [0.2, 0.25) is 0 Å². The highest BCUT2D eigenvalue weighted by molar-refractivity contribution is 5.76. The predicted molar refractivity (Wildman–Crippen MR) is 72.2 cm³/mol. The second kappa shape index (κ2) is 5.32. The fraction of sp³-hybridized carbons (Fsp3) is 0.357. The first-order valence-electron chi connectivity index (χ1n) is 6.59. The summed E-state index contributed by atoms with van der Waals surface area (Å²) in [5.74, 6) is 0.554. The van der Waals surface area contributed by atoms with Crippen LogP contribution >= 0.6 is 0 Å². The summed E-state index contributed by atoms with van der Waals surface area (Å²) in [5.41, 5.74) is 1.90. The first-order chi connectivity index (χ1) is 9.74. The number of nitrogens with one attached hydrogen (secondary N) is 1. The highest BCUT2D eigenvalue weighted by Gasteiger charge is 2.23. The molecule has 2 aromatic heterocycles. The minimum absolute atomic E-state index is 0.0455. The lowest BCUT2D eigenvalue weighted by Gasteiger charge is -2.25. The van der Waals surface area contributed by atoms with Gasteiger partial charge in [-0.1, -0.05) is 6.07 Å². The standard InChI is InChI=1S/C14H16N4O2/c1-10-4-7-16-18(10)9-13(19)17-12-5-8-20-14-11(12)3-2-6-15-14/h2-4,6-7,12H,5,8-9H2,1H3,(H,17,19). The lowest BCUT2D eigenvalue weighted by molar-refractivity contribution is -0.122. The Morgan fingerprint density at radius 1 is 1.50 bits per heavy atom. The number of rotatable bonds is 3. The Labute approximate surface area is 116 Å². The minimum atomic E-state index is -0.0569. The Kier molecular flexibility index (Phi) is 3.37. The van der Waals surface area contributed by atoms with Crippen molar-refractivity contribution in [3.8, 4) is 5.88 Å². The zero-order valence-corrected chi connectivity index (χ0v) is 11.2.